The van der Waals surface area contributed by atoms with Crippen LogP contribution in [0.3, 0.4) is 0 Å². The Kier molecular flexibility index (Phi) is 10.5. The molecule has 8 rings (SSSR count). The molecule has 0 heterocycles. The van der Waals surface area contributed by atoms with Crippen molar-refractivity contribution in [1.82, 2.24) is 0 Å². The minimum absolute atomic E-state index is 0.235. The van der Waals surface area contributed by atoms with Gasteiger partial charge in [0.15, 0.2) is 13.6 Å². The maximum Gasteiger partial charge on any atom is 0.188 e. The van der Waals surface area contributed by atoms with Crippen molar-refractivity contribution in [2.24, 2.45) is 0 Å². The molecule has 0 saturated heterocycles. The lowest BCUT2D eigenvalue weighted by atomic mass is 9.77. The van der Waals surface area contributed by atoms with E-state index < -0.39 is 0 Å². The van der Waals surface area contributed by atoms with Gasteiger partial charge in [0.05, 0.1) is 0 Å². The molecule has 256 valence electrons. The SMILES string of the molecule is COCOc1ccc(C)cc1-c1c2c(cc3c1CCCC3)CCCC2.COCOc1ccc(C)cc1-c1c2ccccc2cc2ccccc12. The standard InChI is InChI=1S/C23H28O2.C23H20O2/c2*1-16-11-12-22(25-15-24-2)21(13-16)23-19-9-5-3-7-17(19)14-18-8-4-6-10-20(18)23/h11-14H,3-10,15H2,1-2H3;3-14H,15H2,1-2H3. The summed E-state index contributed by atoms with van der Waals surface area (Å²) in [4.78, 5) is 0. The first-order valence-corrected chi connectivity index (χ1v) is 18.1. The maximum atomic E-state index is 5.96. The van der Waals surface area contributed by atoms with Crippen molar-refractivity contribution in [2.75, 3.05) is 27.8 Å². The summed E-state index contributed by atoms with van der Waals surface area (Å²) in [6.07, 6.45) is 10.1. The molecule has 50 heavy (non-hydrogen) atoms. The Morgan fingerprint density at radius 3 is 1.44 bits per heavy atom. The topological polar surface area (TPSA) is 36.9 Å². The normalized spacial score (nSPS) is 13.7. The summed E-state index contributed by atoms with van der Waals surface area (Å²) in [6.45, 7) is 4.81. The van der Waals surface area contributed by atoms with E-state index in [-0.39, 0.29) is 6.79 Å². The van der Waals surface area contributed by atoms with Crippen molar-refractivity contribution in [1.29, 1.82) is 0 Å². The summed E-state index contributed by atoms with van der Waals surface area (Å²) >= 11 is 0. The molecule has 2 aliphatic carbocycles. The number of methoxy groups -OCH3 is 2. The van der Waals surface area contributed by atoms with E-state index in [1.807, 2.05) is 6.07 Å². The molecule has 0 amide bonds. The maximum absolute atomic E-state index is 5.96. The molecule has 0 fully saturated rings. The largest absolute Gasteiger partial charge is 0.467 e. The molecule has 0 radical (unpaired) electrons. The lowest BCUT2D eigenvalue weighted by molar-refractivity contribution is 0.0514. The minimum atomic E-state index is 0.235. The first-order chi connectivity index (χ1) is 24.6. The van der Waals surface area contributed by atoms with Gasteiger partial charge in [-0.25, -0.2) is 0 Å². The first kappa shape index (κ1) is 33.8. The van der Waals surface area contributed by atoms with Gasteiger partial charge in [-0.05, 0) is 145 Å². The van der Waals surface area contributed by atoms with Gasteiger partial charge < -0.3 is 18.9 Å². The van der Waals surface area contributed by atoms with Crippen LogP contribution >= 0.6 is 0 Å². The highest BCUT2D eigenvalue weighted by atomic mass is 16.7. The van der Waals surface area contributed by atoms with Crippen molar-refractivity contribution in [2.45, 2.75) is 65.2 Å². The molecule has 0 spiro atoms. The van der Waals surface area contributed by atoms with Gasteiger partial charge >= 0.3 is 0 Å². The lowest BCUT2D eigenvalue weighted by Gasteiger charge is -2.28. The minimum Gasteiger partial charge on any atom is -0.467 e. The average Bonchev–Trinajstić information content (AvgIpc) is 3.15. The van der Waals surface area contributed by atoms with Crippen molar-refractivity contribution < 1.29 is 18.9 Å². The Bertz CT molecular complexity index is 2040. The van der Waals surface area contributed by atoms with Crippen LogP contribution in [0.1, 0.15) is 59.1 Å². The number of rotatable bonds is 8. The molecule has 0 aliphatic heterocycles. The number of ether oxygens (including phenoxy) is 4. The van der Waals surface area contributed by atoms with Crippen LogP contribution in [0.15, 0.2) is 97.1 Å². The Balaban J connectivity index is 0.000000157. The predicted octanol–water partition coefficient (Wildman–Crippen LogP) is 11.4. The van der Waals surface area contributed by atoms with E-state index in [1.54, 1.807) is 36.5 Å². The van der Waals surface area contributed by atoms with Crippen molar-refractivity contribution in [3.05, 3.63) is 130 Å². The number of aryl methyl sites for hydroxylation is 4. The van der Waals surface area contributed by atoms with Crippen LogP contribution < -0.4 is 9.47 Å². The average molecular weight is 665 g/mol. The summed E-state index contributed by atoms with van der Waals surface area (Å²) in [5.74, 6) is 1.80. The van der Waals surface area contributed by atoms with E-state index in [0.717, 1.165) is 17.1 Å². The van der Waals surface area contributed by atoms with Crippen molar-refractivity contribution in [3.8, 4) is 33.8 Å². The van der Waals surface area contributed by atoms with Crippen LogP contribution in [0.25, 0.3) is 43.8 Å². The van der Waals surface area contributed by atoms with E-state index in [4.69, 9.17) is 18.9 Å². The summed E-state index contributed by atoms with van der Waals surface area (Å²) in [5.41, 5.74) is 13.9. The van der Waals surface area contributed by atoms with Gasteiger partial charge in [0.1, 0.15) is 11.5 Å². The van der Waals surface area contributed by atoms with E-state index in [9.17, 15) is 0 Å². The summed E-state index contributed by atoms with van der Waals surface area (Å²) in [5, 5.41) is 4.92. The molecule has 6 aromatic rings. The van der Waals surface area contributed by atoms with Gasteiger partial charge in [-0.3, -0.25) is 0 Å². The summed E-state index contributed by atoms with van der Waals surface area (Å²) < 4.78 is 22.1. The van der Waals surface area contributed by atoms with Crippen LogP contribution in [0, 0.1) is 13.8 Å². The molecule has 0 bridgehead atoms. The van der Waals surface area contributed by atoms with Crippen molar-refractivity contribution in [3.63, 3.8) is 0 Å². The Labute approximate surface area is 297 Å². The highest BCUT2D eigenvalue weighted by molar-refractivity contribution is 6.13. The van der Waals surface area contributed by atoms with Gasteiger partial charge in [0.2, 0.25) is 0 Å². The third-order valence-corrected chi connectivity index (χ3v) is 10.2. The second-order valence-electron chi connectivity index (χ2n) is 13.7. The predicted molar refractivity (Wildman–Crippen MR) is 207 cm³/mol. The zero-order valence-corrected chi connectivity index (χ0v) is 29.9. The smallest absolute Gasteiger partial charge is 0.188 e. The Hall–Kier alpha value is -4.64. The van der Waals surface area contributed by atoms with Gasteiger partial charge in [0, 0.05) is 30.9 Å². The van der Waals surface area contributed by atoms with Crippen molar-refractivity contribution >= 4 is 21.5 Å². The highest BCUT2D eigenvalue weighted by Gasteiger charge is 2.25. The van der Waals surface area contributed by atoms with Gasteiger partial charge in [-0.15, -0.1) is 0 Å². The van der Waals surface area contributed by atoms with Crippen LogP contribution in [0.4, 0.5) is 0 Å². The molecule has 2 aliphatic rings. The Morgan fingerprint density at radius 2 is 0.940 bits per heavy atom. The fourth-order valence-corrected chi connectivity index (χ4v) is 7.94. The summed E-state index contributed by atoms with van der Waals surface area (Å²) in [6, 6.07) is 34.7. The molecule has 0 saturated carbocycles. The molecule has 4 nitrogen and oxygen atoms in total. The number of hydrogen-bond acceptors (Lipinski definition) is 4. The first-order valence-electron chi connectivity index (χ1n) is 18.1. The second-order valence-corrected chi connectivity index (χ2v) is 13.7. The van der Waals surface area contributed by atoms with E-state index in [1.165, 1.54) is 101 Å². The lowest BCUT2D eigenvalue weighted by Crippen LogP contribution is -2.13. The highest BCUT2D eigenvalue weighted by Crippen LogP contribution is 2.44. The van der Waals surface area contributed by atoms with Crippen LogP contribution in [-0.2, 0) is 35.2 Å². The quantitative estimate of drug-likeness (QED) is 0.120. The Morgan fingerprint density at radius 1 is 0.480 bits per heavy atom. The molecular weight excluding hydrogens is 617 g/mol. The van der Waals surface area contributed by atoms with Crippen LogP contribution in [0.5, 0.6) is 11.5 Å². The van der Waals surface area contributed by atoms with E-state index >= 15 is 0 Å². The zero-order chi connectivity index (χ0) is 34.5. The van der Waals surface area contributed by atoms with Crippen LogP contribution in [-0.4, -0.2) is 27.8 Å². The monoisotopic (exact) mass is 664 g/mol. The zero-order valence-electron chi connectivity index (χ0n) is 29.9. The molecule has 4 heteroatoms. The second kappa shape index (κ2) is 15.5. The van der Waals surface area contributed by atoms with Gasteiger partial charge in [0.25, 0.3) is 0 Å². The molecule has 0 N–H and O–H groups in total. The number of fused-ring (bicyclic) bond motifs is 4. The molecule has 0 aromatic heterocycles. The van der Waals surface area contributed by atoms with Gasteiger partial charge in [-0.1, -0.05) is 77.9 Å². The summed E-state index contributed by atoms with van der Waals surface area (Å²) in [7, 11) is 3.32. The molecule has 0 unspecified atom stereocenters. The number of hydrogen-bond donors (Lipinski definition) is 0. The third-order valence-electron chi connectivity index (χ3n) is 10.2. The van der Waals surface area contributed by atoms with E-state index in [0.29, 0.717) is 6.79 Å². The fourth-order valence-electron chi connectivity index (χ4n) is 7.94. The molecular formula is C46H48O4. The fraction of sp³-hybridized carbons (Fsp3) is 0.304. The third kappa shape index (κ3) is 7.01. The molecule has 0 atom stereocenters. The van der Waals surface area contributed by atoms with Crippen LogP contribution in [0.2, 0.25) is 0 Å². The van der Waals surface area contributed by atoms with Gasteiger partial charge in [-0.2, -0.15) is 0 Å². The van der Waals surface area contributed by atoms with E-state index in [2.05, 4.69) is 105 Å². The molecule has 6 aromatic carbocycles. The number of benzene rings is 6.